The zero-order valence-electron chi connectivity index (χ0n) is 90.4. The number of aliphatic hydroxyl groups is 1. The average Bonchev–Trinajstić information content (AvgIpc) is 1.62. The summed E-state index contributed by atoms with van der Waals surface area (Å²) in [4.78, 5) is 65.3. The molecule has 0 aromatic heterocycles. The van der Waals surface area contributed by atoms with Gasteiger partial charge < -0.3 is 28.8 Å². The van der Waals surface area contributed by atoms with Gasteiger partial charge in [-0.1, -0.05) is 466 Å². The molecular formula is C115H202O12Si. The summed E-state index contributed by atoms with van der Waals surface area (Å²) in [5.74, 6) is 7.71. The van der Waals surface area contributed by atoms with Crippen LogP contribution in [0, 0.1) is 94.7 Å². The van der Waals surface area contributed by atoms with E-state index < -0.39 is 8.07 Å². The van der Waals surface area contributed by atoms with Gasteiger partial charge in [-0.3, -0.25) is 28.8 Å². The second kappa shape index (κ2) is 86.5. The zero-order chi connectivity index (χ0) is 101. The summed E-state index contributed by atoms with van der Waals surface area (Å²) in [5, 5.41) is 8.81. The van der Waals surface area contributed by atoms with Crippen molar-refractivity contribution in [3.8, 4) is 11.1 Å². The molecule has 0 atom stereocenters. The van der Waals surface area contributed by atoms with Gasteiger partial charge in [0.15, 0.2) is 0 Å². The van der Waals surface area contributed by atoms with Crippen LogP contribution in [0.4, 0.5) is 0 Å². The predicted octanol–water partition coefficient (Wildman–Crippen LogP) is 32.9. The number of benzene rings is 5. The van der Waals surface area contributed by atoms with E-state index in [2.05, 4.69) is 271 Å². The minimum Gasteiger partial charge on any atom is -0.465 e. The van der Waals surface area contributed by atoms with Crippen molar-refractivity contribution >= 4 is 43.7 Å². The lowest BCUT2D eigenvalue weighted by Gasteiger charge is -2.28. The summed E-state index contributed by atoms with van der Waals surface area (Å²) >= 11 is 0. The highest BCUT2D eigenvalue weighted by Crippen LogP contribution is 2.44. The van der Waals surface area contributed by atoms with E-state index in [0.29, 0.717) is 44.9 Å². The molecule has 0 amide bonds. The molecule has 12 nitrogen and oxygen atoms in total. The summed E-state index contributed by atoms with van der Waals surface area (Å²) in [5.41, 5.74) is 10.8. The molecule has 1 aliphatic carbocycles. The maximum absolute atomic E-state index is 11.7. The van der Waals surface area contributed by atoms with Crippen molar-refractivity contribution < 1.29 is 57.6 Å². The van der Waals surface area contributed by atoms with Crippen LogP contribution in [0.2, 0.25) is 24.7 Å². The summed E-state index contributed by atoms with van der Waals surface area (Å²) in [6.07, 6.45) is 14.3. The first-order valence-electron chi connectivity index (χ1n) is 48.9. The Labute approximate surface area is 792 Å². The van der Waals surface area contributed by atoms with E-state index in [1.54, 1.807) is 26.8 Å². The second-order valence-electron chi connectivity index (χ2n) is 40.8. The van der Waals surface area contributed by atoms with Gasteiger partial charge in [0.25, 0.3) is 0 Å². The molecule has 738 valence electrons. The Morgan fingerprint density at radius 3 is 1.01 bits per heavy atom. The Morgan fingerprint density at radius 2 is 0.719 bits per heavy atom. The number of carbonyl (C=O) groups excluding carboxylic acids is 6. The molecule has 1 aliphatic rings. The van der Waals surface area contributed by atoms with Crippen molar-refractivity contribution in [2.75, 3.05) is 26.4 Å². The number of hydrogen-bond acceptors (Lipinski definition) is 12. The molecule has 0 fully saturated rings. The van der Waals surface area contributed by atoms with Gasteiger partial charge in [0.1, 0.15) is 25.6 Å². The molecule has 6 rings (SSSR count). The minimum absolute atomic E-state index is 0.00116. The normalized spacial score (nSPS) is 10.8. The summed E-state index contributed by atoms with van der Waals surface area (Å²) in [6.45, 7) is 95.7. The maximum atomic E-state index is 11.7. The van der Waals surface area contributed by atoms with Gasteiger partial charge in [-0.05, 0) is 143 Å². The monoisotopic (exact) mass is 1800 g/mol. The quantitative estimate of drug-likeness (QED) is 0.0142. The Bertz CT molecular complexity index is 3340. The molecular weight excluding hydrogens is 1600 g/mol. The number of unbranched alkanes of at least 4 members (excludes halogenated alkanes) is 3. The van der Waals surface area contributed by atoms with E-state index in [1.807, 2.05) is 144 Å². The first-order valence-corrected chi connectivity index (χ1v) is 52.2. The van der Waals surface area contributed by atoms with E-state index in [-0.39, 0.29) is 83.7 Å². The van der Waals surface area contributed by atoms with Gasteiger partial charge in [0.2, 0.25) is 0 Å². The third kappa shape index (κ3) is 93.5. The third-order valence-corrected chi connectivity index (χ3v) is 23.1. The highest BCUT2D eigenvalue weighted by atomic mass is 28.3. The molecule has 13 heteroatoms. The molecule has 128 heavy (non-hydrogen) atoms. The van der Waals surface area contributed by atoms with Crippen LogP contribution in [0.15, 0.2) is 159 Å². The van der Waals surface area contributed by atoms with Crippen LogP contribution in [-0.2, 0) is 78.5 Å². The number of ether oxygens (including phenoxy) is 5. The smallest absolute Gasteiger partial charge is 0.308 e. The first-order chi connectivity index (χ1) is 59.4. The molecule has 5 aromatic carbocycles. The Kier molecular flexibility index (Phi) is 92.1. The lowest BCUT2D eigenvalue weighted by atomic mass is 9.98. The van der Waals surface area contributed by atoms with Crippen LogP contribution in [0.25, 0.3) is 11.1 Å². The minimum atomic E-state index is -0.844. The lowest BCUT2D eigenvalue weighted by molar-refractivity contribution is -0.149. The number of aliphatic hydroxyl groups excluding tert-OH is 1. The number of hydrogen-bond donors (Lipinski definition) is 1. The number of ketones is 1. The molecule has 0 saturated heterocycles. The summed E-state index contributed by atoms with van der Waals surface area (Å²) in [6, 6.07) is 46.6. The fourth-order valence-electron chi connectivity index (χ4n) is 10.2. The average molecular weight is 1800 g/mol. The Balaban J connectivity index is -0.000000206. The number of Topliss-reactive ketones (excluding diaryl/α,β-unsaturated/α-hetero) is 1. The maximum Gasteiger partial charge on any atom is 0.308 e. The van der Waals surface area contributed by atoms with E-state index >= 15 is 0 Å². The van der Waals surface area contributed by atoms with Crippen LogP contribution in [-0.4, -0.2) is 75.2 Å². The van der Waals surface area contributed by atoms with Crippen molar-refractivity contribution in [3.63, 3.8) is 0 Å². The largest absolute Gasteiger partial charge is 0.465 e. The summed E-state index contributed by atoms with van der Waals surface area (Å²) < 4.78 is 25.1. The van der Waals surface area contributed by atoms with Crippen LogP contribution >= 0.6 is 0 Å². The highest BCUT2D eigenvalue weighted by Gasteiger charge is 2.30. The summed E-state index contributed by atoms with van der Waals surface area (Å²) in [7, 11) is -0.844. The van der Waals surface area contributed by atoms with Crippen LogP contribution < -0.4 is 0 Å². The lowest BCUT2D eigenvalue weighted by Crippen LogP contribution is -2.30. The first kappa shape index (κ1) is 136. The Morgan fingerprint density at radius 1 is 0.375 bits per heavy atom. The molecule has 0 spiro atoms. The van der Waals surface area contributed by atoms with Gasteiger partial charge >= 0.3 is 29.8 Å². The van der Waals surface area contributed by atoms with Gasteiger partial charge in [-0.15, -0.1) is 6.58 Å². The molecule has 0 bridgehead atoms. The molecule has 0 heterocycles. The van der Waals surface area contributed by atoms with E-state index in [1.165, 1.54) is 77.9 Å². The third-order valence-electron chi connectivity index (χ3n) is 18.1. The molecule has 0 radical (unpaired) electrons. The van der Waals surface area contributed by atoms with Crippen LogP contribution in [0.3, 0.4) is 0 Å². The van der Waals surface area contributed by atoms with E-state index in [9.17, 15) is 28.8 Å². The second-order valence-corrected chi connectivity index (χ2v) is 46.3. The number of carbonyl (C=O) groups is 6. The number of esters is 5. The van der Waals surface area contributed by atoms with Gasteiger partial charge in [0, 0.05) is 11.8 Å². The topological polar surface area (TPSA) is 169 Å². The molecule has 0 saturated carbocycles. The fourth-order valence-corrected chi connectivity index (χ4v) is 12.7. The zero-order valence-corrected chi connectivity index (χ0v) is 91.4. The Hall–Kier alpha value is -7.22. The standard InChI is InChI=1S/C18H18O2.C11H14O2.C11H16O.C10H20O2.C10H14.C9H22Si.C8H16O2.C7H12O2.C7H16.C6H12.C5H10O.C5H12.2C4H10/c1-12(2)18(19)20-11-17-15-9-5-3-7-13(15)14-8-4-6-10-16(14)17;1-9(2)11(12)13-8-10-6-4-3-5-7-10;1-9(2)7-10-3-5-11(8-12)6-4-10;1-4-5-6-7-8-12-10(11)9(2)3;1-9(2)8-10-6-4-3-5-7-10;1-8(2)7-10(5,6)9(3)4;1-6(2)5-10-8(9)7(3)4;1-4-5-9-7(8)6(2)3;1-6(2)5-7(3)4;1-4-5-6(2)3;1-4(2)5(3)6;1-4-5(2)3;2*1-4(2)3/h3-10,12,17H,11H2,1-2H3;3-7,9H,8H2,1-2H3;3-6,9,12H,7-8H2,1-2H3;9H,4-8H2,1-3H3;3-7,9H,8H2,1-2H3;8-9H,7H2,1-6H3;6-7H,5H2,1-4H3;4,6H,1,5H2,2-3H3;6-7H,5H2,1-4H3;4,6H,1,5H2,2-3H3;4H,1-3H3;5H,4H2,1-3H3;2*4H,1-3H3. The van der Waals surface area contributed by atoms with Crippen molar-refractivity contribution in [1.29, 1.82) is 0 Å². The van der Waals surface area contributed by atoms with Gasteiger partial charge in [0.05, 0.1) is 57.5 Å². The van der Waals surface area contributed by atoms with Crippen molar-refractivity contribution in [1.82, 2.24) is 0 Å². The SMILES string of the molecule is C=CCC(C)C.C=CCOC(=O)C(C)C.CC(=O)C(C)C.CC(C)C.CC(C)C.CC(C)C(=O)OCC1c2ccccc2-c2ccccc21.CC(C)C(=O)OCc1ccccc1.CC(C)CC(C)C.CC(C)COC(=O)C(C)C.CC(C)C[Si](C)(C)C(C)C.CC(C)Cc1ccc(CO)cc1.CC(C)Cc1ccccc1.CCC(C)C.CCCCCCOC(=O)C(C)C. The number of rotatable bonds is 32. The van der Waals surface area contributed by atoms with Gasteiger partial charge in [-0.25, -0.2) is 0 Å². The van der Waals surface area contributed by atoms with Crippen molar-refractivity contribution in [3.05, 3.63) is 192 Å². The highest BCUT2D eigenvalue weighted by molar-refractivity contribution is 6.78. The van der Waals surface area contributed by atoms with E-state index in [4.69, 9.17) is 28.8 Å². The predicted molar refractivity (Wildman–Crippen MR) is 561 cm³/mol. The van der Waals surface area contributed by atoms with Gasteiger partial charge in [-0.2, -0.15) is 0 Å². The van der Waals surface area contributed by atoms with Crippen LogP contribution in [0.5, 0.6) is 0 Å². The number of allylic oxidation sites excluding steroid dienone is 1. The molecule has 5 aromatic rings. The van der Waals surface area contributed by atoms with Crippen molar-refractivity contribution in [2.45, 2.75) is 372 Å². The molecule has 0 aliphatic heterocycles. The van der Waals surface area contributed by atoms with Crippen LogP contribution in [0.1, 0.15) is 354 Å². The van der Waals surface area contributed by atoms with Crippen molar-refractivity contribution in [2.24, 2.45) is 94.7 Å². The number of fused-ring (bicyclic) bond motifs is 3. The molecule has 0 unspecified atom stereocenters. The molecule has 1 N–H and O–H groups in total. The fraction of sp³-hybridized carbons (Fsp3) is 0.652. The van der Waals surface area contributed by atoms with E-state index in [0.717, 1.165) is 83.3 Å².